The Morgan fingerprint density at radius 3 is 3.08 bits per heavy atom. The fraction of sp³-hybridized carbons (Fsp3) is 0.625. The van der Waals surface area contributed by atoms with Gasteiger partial charge < -0.3 is 9.67 Å². The van der Waals surface area contributed by atoms with E-state index in [1.165, 1.54) is 0 Å². The van der Waals surface area contributed by atoms with Crippen LogP contribution in [0.3, 0.4) is 0 Å². The molecule has 0 saturated heterocycles. The van der Waals surface area contributed by atoms with Gasteiger partial charge in [0.15, 0.2) is 0 Å². The smallest absolute Gasteiger partial charge is 0.130 e. The third-order valence-electron chi connectivity index (χ3n) is 2.22. The summed E-state index contributed by atoms with van der Waals surface area (Å²) in [4.78, 5) is 4.33. The van der Waals surface area contributed by atoms with Crippen molar-refractivity contribution in [3.8, 4) is 0 Å². The summed E-state index contributed by atoms with van der Waals surface area (Å²) < 4.78 is 2.90. The van der Waals surface area contributed by atoms with Crippen molar-refractivity contribution in [1.29, 1.82) is 0 Å². The number of aliphatic hydroxyl groups excluding tert-OH is 1. The molecule has 0 bridgehead atoms. The van der Waals surface area contributed by atoms with Crippen molar-refractivity contribution >= 4 is 15.9 Å². The van der Waals surface area contributed by atoms with Crippen LogP contribution in [0.15, 0.2) is 4.60 Å². The Hall–Kier alpha value is -0.350. The van der Waals surface area contributed by atoms with Crippen molar-refractivity contribution in [3.05, 3.63) is 16.1 Å². The maximum atomic E-state index is 9.47. The first-order valence-corrected chi connectivity index (χ1v) is 4.92. The lowest BCUT2D eigenvalue weighted by atomic mass is 10.3. The molecule has 1 unspecified atom stereocenters. The Morgan fingerprint density at radius 1 is 1.67 bits per heavy atom. The van der Waals surface area contributed by atoms with E-state index in [-0.39, 0.29) is 0 Å². The van der Waals surface area contributed by atoms with Gasteiger partial charge in [0.2, 0.25) is 0 Å². The molecule has 1 atom stereocenters. The number of nitrogens with zero attached hydrogens (tertiary/aromatic N) is 2. The van der Waals surface area contributed by atoms with Gasteiger partial charge in [-0.1, -0.05) is 0 Å². The van der Waals surface area contributed by atoms with Gasteiger partial charge in [-0.15, -0.1) is 0 Å². The van der Waals surface area contributed by atoms with E-state index < -0.39 is 6.10 Å². The Balaban J connectivity index is 2.52. The first-order valence-electron chi connectivity index (χ1n) is 4.13. The number of aryl methyl sites for hydroxylation is 1. The summed E-state index contributed by atoms with van der Waals surface area (Å²) in [6.45, 7) is 2.77. The summed E-state index contributed by atoms with van der Waals surface area (Å²) in [5.74, 6) is 1.10. The normalized spacial score (nSPS) is 17.9. The zero-order chi connectivity index (χ0) is 8.72. The molecule has 1 aliphatic heterocycles. The van der Waals surface area contributed by atoms with Gasteiger partial charge in [-0.25, -0.2) is 4.98 Å². The van der Waals surface area contributed by atoms with Crippen molar-refractivity contribution in [1.82, 2.24) is 9.55 Å². The molecule has 4 heteroatoms. The maximum Gasteiger partial charge on any atom is 0.130 e. The highest BCUT2D eigenvalue weighted by Gasteiger charge is 2.21. The van der Waals surface area contributed by atoms with Crippen LogP contribution in [0.5, 0.6) is 0 Å². The van der Waals surface area contributed by atoms with Gasteiger partial charge in [0.25, 0.3) is 0 Å². The highest BCUT2D eigenvalue weighted by Crippen LogP contribution is 2.28. The Morgan fingerprint density at radius 2 is 2.42 bits per heavy atom. The van der Waals surface area contributed by atoms with Gasteiger partial charge in [-0.3, -0.25) is 0 Å². The van der Waals surface area contributed by atoms with Crippen molar-refractivity contribution in [3.63, 3.8) is 0 Å². The van der Waals surface area contributed by atoms with Crippen molar-refractivity contribution in [2.45, 2.75) is 32.4 Å². The molecular weight excluding hydrogens is 220 g/mol. The number of aromatic nitrogens is 2. The van der Waals surface area contributed by atoms with E-state index >= 15 is 0 Å². The second-order valence-electron chi connectivity index (χ2n) is 3.14. The van der Waals surface area contributed by atoms with Crippen LogP contribution in [0.4, 0.5) is 0 Å². The average molecular weight is 231 g/mol. The predicted molar refractivity (Wildman–Crippen MR) is 48.9 cm³/mol. The van der Waals surface area contributed by atoms with Crippen LogP contribution in [0, 0.1) is 0 Å². The second-order valence-corrected chi connectivity index (χ2v) is 3.89. The van der Waals surface area contributed by atoms with E-state index in [1.54, 1.807) is 6.92 Å². The number of rotatable bonds is 1. The molecule has 0 aromatic carbocycles. The largest absolute Gasteiger partial charge is 0.387 e. The van der Waals surface area contributed by atoms with E-state index in [0.29, 0.717) is 0 Å². The van der Waals surface area contributed by atoms with Gasteiger partial charge in [-0.2, -0.15) is 0 Å². The van der Waals surface area contributed by atoms with Crippen LogP contribution in [0.2, 0.25) is 0 Å². The molecule has 0 saturated carbocycles. The molecule has 1 N–H and O–H groups in total. The van der Waals surface area contributed by atoms with Gasteiger partial charge in [0, 0.05) is 13.0 Å². The molecule has 12 heavy (non-hydrogen) atoms. The first-order chi connectivity index (χ1) is 5.70. The number of hydrogen-bond donors (Lipinski definition) is 1. The summed E-state index contributed by atoms with van der Waals surface area (Å²) >= 11 is 3.35. The van der Waals surface area contributed by atoms with E-state index in [2.05, 4.69) is 25.5 Å². The van der Waals surface area contributed by atoms with Crippen LogP contribution >= 0.6 is 15.9 Å². The van der Waals surface area contributed by atoms with Gasteiger partial charge in [-0.05, 0) is 29.3 Å². The van der Waals surface area contributed by atoms with Crippen molar-refractivity contribution < 1.29 is 5.11 Å². The molecule has 2 heterocycles. The number of halogens is 1. The Kier molecular flexibility index (Phi) is 1.96. The Labute approximate surface area is 79.6 Å². The molecule has 0 fully saturated rings. The SMILES string of the molecule is CC(O)c1c(Br)nc2n1CCC2. The number of hydrogen-bond acceptors (Lipinski definition) is 2. The third kappa shape index (κ3) is 1.10. The predicted octanol–water partition coefficient (Wildman–Crippen LogP) is 1.65. The zero-order valence-corrected chi connectivity index (χ0v) is 8.50. The number of aliphatic hydroxyl groups is 1. The van der Waals surface area contributed by atoms with Gasteiger partial charge in [0.1, 0.15) is 10.4 Å². The van der Waals surface area contributed by atoms with E-state index in [0.717, 1.165) is 35.5 Å². The highest BCUT2D eigenvalue weighted by atomic mass is 79.9. The maximum absolute atomic E-state index is 9.47. The minimum Gasteiger partial charge on any atom is -0.387 e. The van der Waals surface area contributed by atoms with Crippen LogP contribution in [0.25, 0.3) is 0 Å². The standard InChI is InChI=1S/C8H11BrN2O/c1-5(12)7-8(9)10-6-3-2-4-11(6)7/h5,12H,2-4H2,1H3. The number of fused-ring (bicyclic) bond motifs is 1. The molecule has 0 aliphatic carbocycles. The summed E-state index contributed by atoms with van der Waals surface area (Å²) in [6.07, 6.45) is 1.75. The lowest BCUT2D eigenvalue weighted by Crippen LogP contribution is -2.03. The van der Waals surface area contributed by atoms with Crippen molar-refractivity contribution in [2.24, 2.45) is 0 Å². The fourth-order valence-corrected chi connectivity index (χ4v) is 2.46. The summed E-state index contributed by atoms with van der Waals surface area (Å²) in [5, 5.41) is 9.47. The molecule has 1 aliphatic rings. The molecule has 66 valence electrons. The molecule has 0 radical (unpaired) electrons. The highest BCUT2D eigenvalue weighted by molar-refractivity contribution is 9.10. The molecule has 2 rings (SSSR count). The fourth-order valence-electron chi connectivity index (χ4n) is 1.71. The lowest BCUT2D eigenvalue weighted by molar-refractivity contribution is 0.188. The van der Waals surface area contributed by atoms with Crippen LogP contribution < -0.4 is 0 Å². The molecule has 3 nitrogen and oxygen atoms in total. The van der Waals surface area contributed by atoms with Crippen LogP contribution in [-0.2, 0) is 13.0 Å². The molecule has 0 spiro atoms. The Bertz CT molecular complexity index is 306. The molecule has 1 aromatic heterocycles. The first kappa shape index (κ1) is 8.26. The van der Waals surface area contributed by atoms with Crippen LogP contribution in [-0.4, -0.2) is 14.7 Å². The molecular formula is C8H11BrN2O. The van der Waals surface area contributed by atoms with Gasteiger partial charge in [0.05, 0.1) is 11.8 Å². The topological polar surface area (TPSA) is 38.1 Å². The third-order valence-corrected chi connectivity index (χ3v) is 2.80. The molecule has 0 amide bonds. The summed E-state index contributed by atoms with van der Waals surface area (Å²) in [5.41, 5.74) is 0.919. The monoisotopic (exact) mass is 230 g/mol. The minimum absolute atomic E-state index is 0.432. The van der Waals surface area contributed by atoms with Crippen LogP contribution in [0.1, 0.15) is 31.0 Å². The van der Waals surface area contributed by atoms with Crippen molar-refractivity contribution in [2.75, 3.05) is 0 Å². The minimum atomic E-state index is -0.432. The average Bonchev–Trinajstić information content (AvgIpc) is 2.44. The number of imidazole rings is 1. The lowest BCUT2D eigenvalue weighted by Gasteiger charge is -2.07. The second kappa shape index (κ2) is 2.85. The summed E-state index contributed by atoms with van der Waals surface area (Å²) in [7, 11) is 0. The van der Waals surface area contributed by atoms with E-state index in [9.17, 15) is 5.11 Å². The van der Waals surface area contributed by atoms with Gasteiger partial charge >= 0.3 is 0 Å². The zero-order valence-electron chi connectivity index (χ0n) is 6.92. The van der Waals surface area contributed by atoms with E-state index in [1.807, 2.05) is 0 Å². The summed E-state index contributed by atoms with van der Waals surface area (Å²) in [6, 6.07) is 0. The van der Waals surface area contributed by atoms with E-state index in [4.69, 9.17) is 0 Å². The quantitative estimate of drug-likeness (QED) is 0.797. The molecule has 1 aromatic rings.